The molecular formula is C21H25FN4O4S. The number of sulfonamides is 1. The van der Waals surface area contributed by atoms with Crippen molar-refractivity contribution in [2.45, 2.75) is 30.6 Å². The Balaban J connectivity index is 1.45. The van der Waals surface area contributed by atoms with Crippen molar-refractivity contribution in [3.05, 3.63) is 48.0 Å². The van der Waals surface area contributed by atoms with Gasteiger partial charge in [0.05, 0.1) is 11.6 Å². The number of piperidine rings is 1. The Labute approximate surface area is 180 Å². The number of hydrogen-bond acceptors (Lipinski definition) is 4. The van der Waals surface area contributed by atoms with Gasteiger partial charge in [-0.05, 0) is 43.9 Å². The third-order valence-corrected chi connectivity index (χ3v) is 7.65. The zero-order chi connectivity index (χ0) is 22.0. The number of benzene rings is 1. The van der Waals surface area contributed by atoms with E-state index in [4.69, 9.17) is 0 Å². The number of aromatic nitrogens is 1. The molecule has 10 heteroatoms. The zero-order valence-electron chi connectivity index (χ0n) is 17.0. The smallest absolute Gasteiger partial charge is 0.270 e. The van der Waals surface area contributed by atoms with E-state index in [1.54, 1.807) is 11.0 Å². The first kappa shape index (κ1) is 21.5. The van der Waals surface area contributed by atoms with Gasteiger partial charge in [0, 0.05) is 32.4 Å². The number of nitrogens with zero attached hydrogens (tertiary/aromatic N) is 2. The van der Waals surface area contributed by atoms with Crippen LogP contribution in [0.3, 0.4) is 0 Å². The van der Waals surface area contributed by atoms with Crippen LogP contribution in [0.25, 0.3) is 0 Å². The van der Waals surface area contributed by atoms with Gasteiger partial charge in [-0.2, -0.15) is 4.31 Å². The van der Waals surface area contributed by atoms with Gasteiger partial charge in [0.2, 0.25) is 15.9 Å². The Kier molecular flexibility index (Phi) is 6.10. The highest BCUT2D eigenvalue weighted by atomic mass is 32.2. The SMILES string of the molecule is O=C(Nc1ccccc1F)C1CCCN(S(=O)(=O)c2c[nH]c(C(=O)N3CCCC3)c2)C1. The monoisotopic (exact) mass is 448 g/mol. The molecule has 2 aliphatic heterocycles. The van der Waals surface area contributed by atoms with Crippen molar-refractivity contribution in [2.75, 3.05) is 31.5 Å². The number of para-hydroxylation sites is 1. The van der Waals surface area contributed by atoms with Crippen molar-refractivity contribution < 1.29 is 22.4 Å². The summed E-state index contributed by atoms with van der Waals surface area (Å²) in [5, 5.41) is 2.55. The Hall–Kier alpha value is -2.72. The molecule has 1 aromatic heterocycles. The van der Waals surface area contributed by atoms with Gasteiger partial charge < -0.3 is 15.2 Å². The maximum Gasteiger partial charge on any atom is 0.270 e. The number of carbonyl (C=O) groups is 2. The first-order valence-electron chi connectivity index (χ1n) is 10.4. The van der Waals surface area contributed by atoms with E-state index in [9.17, 15) is 22.4 Å². The Morgan fingerprint density at radius 1 is 1.10 bits per heavy atom. The molecule has 1 atom stereocenters. The fourth-order valence-electron chi connectivity index (χ4n) is 4.06. The first-order valence-corrected chi connectivity index (χ1v) is 11.8. The number of likely N-dealkylation sites (tertiary alicyclic amines) is 1. The standard InChI is InChI=1S/C21H25FN4O4S/c22-17-7-1-2-8-18(17)24-20(27)15-6-5-11-26(14-15)31(29,30)16-12-19(23-13-16)21(28)25-9-3-4-10-25/h1-2,7-8,12-13,15,23H,3-6,9-11,14H2,(H,24,27). The number of H-pyrrole nitrogens is 1. The second kappa shape index (κ2) is 8.80. The summed E-state index contributed by atoms with van der Waals surface area (Å²) in [6, 6.07) is 7.21. The molecule has 1 aromatic carbocycles. The van der Waals surface area contributed by atoms with Crippen LogP contribution in [-0.2, 0) is 14.8 Å². The van der Waals surface area contributed by atoms with E-state index in [1.807, 2.05) is 0 Å². The molecule has 31 heavy (non-hydrogen) atoms. The molecule has 2 aliphatic rings. The van der Waals surface area contributed by atoms with Crippen LogP contribution in [0.1, 0.15) is 36.2 Å². The molecule has 1 unspecified atom stereocenters. The summed E-state index contributed by atoms with van der Waals surface area (Å²) in [5.74, 6) is -1.75. The van der Waals surface area contributed by atoms with E-state index in [2.05, 4.69) is 10.3 Å². The van der Waals surface area contributed by atoms with Crippen molar-refractivity contribution in [3.63, 3.8) is 0 Å². The van der Waals surface area contributed by atoms with Gasteiger partial charge in [0.1, 0.15) is 16.4 Å². The van der Waals surface area contributed by atoms with Crippen LogP contribution in [0, 0.1) is 11.7 Å². The molecule has 0 radical (unpaired) electrons. The topological polar surface area (TPSA) is 103 Å². The summed E-state index contributed by atoms with van der Waals surface area (Å²) in [4.78, 5) is 29.6. The Morgan fingerprint density at radius 2 is 1.84 bits per heavy atom. The normalized spacial score (nSPS) is 20.0. The second-order valence-electron chi connectivity index (χ2n) is 7.92. The van der Waals surface area contributed by atoms with Crippen LogP contribution in [-0.4, -0.2) is 60.6 Å². The zero-order valence-corrected chi connectivity index (χ0v) is 17.8. The molecule has 0 bridgehead atoms. The molecular weight excluding hydrogens is 423 g/mol. The van der Waals surface area contributed by atoms with Gasteiger partial charge in [-0.1, -0.05) is 12.1 Å². The quantitative estimate of drug-likeness (QED) is 0.733. The van der Waals surface area contributed by atoms with Crippen molar-refractivity contribution in [2.24, 2.45) is 5.92 Å². The predicted molar refractivity (Wildman–Crippen MR) is 112 cm³/mol. The summed E-state index contributed by atoms with van der Waals surface area (Å²) in [7, 11) is -3.87. The maximum absolute atomic E-state index is 13.8. The number of carbonyl (C=O) groups excluding carboxylic acids is 2. The summed E-state index contributed by atoms with van der Waals surface area (Å²) in [6.07, 6.45) is 4.24. The lowest BCUT2D eigenvalue weighted by atomic mass is 9.98. The van der Waals surface area contributed by atoms with E-state index >= 15 is 0 Å². The molecule has 0 spiro atoms. The van der Waals surface area contributed by atoms with E-state index < -0.39 is 27.7 Å². The number of halogens is 1. The molecule has 2 saturated heterocycles. The lowest BCUT2D eigenvalue weighted by molar-refractivity contribution is -0.120. The van der Waals surface area contributed by atoms with E-state index in [1.165, 1.54) is 34.8 Å². The molecule has 2 amide bonds. The van der Waals surface area contributed by atoms with E-state index in [0.29, 0.717) is 25.9 Å². The molecule has 2 fully saturated rings. The van der Waals surface area contributed by atoms with Gasteiger partial charge in [-0.3, -0.25) is 9.59 Å². The minimum Gasteiger partial charge on any atom is -0.356 e. The first-order chi connectivity index (χ1) is 14.9. The summed E-state index contributed by atoms with van der Waals surface area (Å²) in [6.45, 7) is 1.63. The van der Waals surface area contributed by atoms with E-state index in [-0.39, 0.29) is 35.3 Å². The van der Waals surface area contributed by atoms with Gasteiger partial charge in [0.15, 0.2) is 0 Å². The minimum atomic E-state index is -3.87. The van der Waals surface area contributed by atoms with Gasteiger partial charge in [-0.15, -0.1) is 0 Å². The van der Waals surface area contributed by atoms with Crippen LogP contribution in [0.15, 0.2) is 41.4 Å². The highest BCUT2D eigenvalue weighted by Crippen LogP contribution is 2.26. The van der Waals surface area contributed by atoms with Crippen LogP contribution < -0.4 is 5.32 Å². The number of aromatic amines is 1. The molecule has 3 heterocycles. The highest BCUT2D eigenvalue weighted by Gasteiger charge is 2.34. The lowest BCUT2D eigenvalue weighted by Crippen LogP contribution is -2.43. The number of rotatable bonds is 5. The average molecular weight is 449 g/mol. The third kappa shape index (κ3) is 4.49. The predicted octanol–water partition coefficient (Wildman–Crippen LogP) is 2.43. The van der Waals surface area contributed by atoms with Crippen LogP contribution in [0.2, 0.25) is 0 Å². The van der Waals surface area contributed by atoms with Crippen LogP contribution in [0.5, 0.6) is 0 Å². The summed E-state index contributed by atoms with van der Waals surface area (Å²) >= 11 is 0. The molecule has 0 aliphatic carbocycles. The highest BCUT2D eigenvalue weighted by molar-refractivity contribution is 7.89. The lowest BCUT2D eigenvalue weighted by Gasteiger charge is -2.31. The number of anilines is 1. The molecule has 8 nitrogen and oxygen atoms in total. The van der Waals surface area contributed by atoms with Gasteiger partial charge in [0.25, 0.3) is 5.91 Å². The third-order valence-electron chi connectivity index (χ3n) is 5.80. The maximum atomic E-state index is 13.8. The fraction of sp³-hybridized carbons (Fsp3) is 0.429. The number of nitrogens with one attached hydrogen (secondary N) is 2. The van der Waals surface area contributed by atoms with Crippen LogP contribution in [0.4, 0.5) is 10.1 Å². The number of hydrogen-bond donors (Lipinski definition) is 2. The molecule has 2 N–H and O–H groups in total. The average Bonchev–Trinajstić information content (AvgIpc) is 3.48. The summed E-state index contributed by atoms with van der Waals surface area (Å²) in [5.41, 5.74) is 0.314. The van der Waals surface area contributed by atoms with Crippen molar-refractivity contribution >= 4 is 27.5 Å². The molecule has 2 aromatic rings. The largest absolute Gasteiger partial charge is 0.356 e. The Bertz CT molecular complexity index is 1080. The van der Waals surface area contributed by atoms with E-state index in [0.717, 1.165) is 12.8 Å². The van der Waals surface area contributed by atoms with Crippen molar-refractivity contribution in [3.8, 4) is 0 Å². The molecule has 166 valence electrons. The second-order valence-corrected chi connectivity index (χ2v) is 9.86. The fourth-order valence-corrected chi connectivity index (χ4v) is 5.58. The van der Waals surface area contributed by atoms with Gasteiger partial charge >= 0.3 is 0 Å². The summed E-state index contributed by atoms with van der Waals surface area (Å²) < 4.78 is 41.3. The molecule has 0 saturated carbocycles. The van der Waals surface area contributed by atoms with Crippen LogP contribution >= 0.6 is 0 Å². The molecule has 4 rings (SSSR count). The minimum absolute atomic E-state index is 0.00318. The Morgan fingerprint density at radius 3 is 2.58 bits per heavy atom. The van der Waals surface area contributed by atoms with Gasteiger partial charge in [-0.25, -0.2) is 12.8 Å². The van der Waals surface area contributed by atoms with Crippen molar-refractivity contribution in [1.29, 1.82) is 0 Å². The van der Waals surface area contributed by atoms with Crippen molar-refractivity contribution in [1.82, 2.24) is 14.2 Å². The number of amides is 2.